The van der Waals surface area contributed by atoms with Gasteiger partial charge in [0.1, 0.15) is 12.2 Å². The molecule has 9 heteroatoms. The summed E-state index contributed by atoms with van der Waals surface area (Å²) >= 11 is 0. The molecule has 0 radical (unpaired) electrons. The van der Waals surface area contributed by atoms with Crippen LogP contribution in [0, 0.1) is 0 Å². The molecule has 3 rings (SSSR count). The Balaban J connectivity index is 1.62. The van der Waals surface area contributed by atoms with E-state index >= 15 is 0 Å². The summed E-state index contributed by atoms with van der Waals surface area (Å²) in [5.74, 6) is 0.487. The standard InChI is InChI=1S/C16H26N8O/c1-3-8-23-15(18-10-19-23)11(2)20-16(25)14-9-24(22-21-14)13-6-4-12(17)5-7-13/h9-13H,3-8,17H2,1-2H3,(H,20,25)/t11-,12?,13?/m1/s1. The summed E-state index contributed by atoms with van der Waals surface area (Å²) in [6, 6.07) is 0.308. The Labute approximate surface area is 147 Å². The van der Waals surface area contributed by atoms with Crippen LogP contribution in [0.3, 0.4) is 0 Å². The van der Waals surface area contributed by atoms with Crippen molar-refractivity contribution in [1.29, 1.82) is 0 Å². The summed E-state index contributed by atoms with van der Waals surface area (Å²) in [6.07, 6.45) is 8.10. The monoisotopic (exact) mass is 346 g/mol. The second-order valence-electron chi connectivity index (χ2n) is 6.69. The first-order chi connectivity index (χ1) is 12.1. The fourth-order valence-corrected chi connectivity index (χ4v) is 3.25. The van der Waals surface area contributed by atoms with Crippen LogP contribution in [0.2, 0.25) is 0 Å². The van der Waals surface area contributed by atoms with E-state index in [4.69, 9.17) is 5.73 Å². The molecule has 25 heavy (non-hydrogen) atoms. The number of aryl methyl sites for hydroxylation is 1. The zero-order chi connectivity index (χ0) is 17.8. The minimum absolute atomic E-state index is 0.251. The van der Waals surface area contributed by atoms with Crippen LogP contribution in [0.1, 0.15) is 74.3 Å². The molecule has 1 fully saturated rings. The second-order valence-corrected chi connectivity index (χ2v) is 6.69. The van der Waals surface area contributed by atoms with Gasteiger partial charge < -0.3 is 11.1 Å². The van der Waals surface area contributed by atoms with Crippen LogP contribution >= 0.6 is 0 Å². The molecular formula is C16H26N8O. The lowest BCUT2D eigenvalue weighted by Gasteiger charge is -2.25. The summed E-state index contributed by atoms with van der Waals surface area (Å²) in [5, 5.41) is 15.3. The molecule has 2 heterocycles. The highest BCUT2D eigenvalue weighted by molar-refractivity contribution is 5.92. The Morgan fingerprint density at radius 1 is 1.40 bits per heavy atom. The smallest absolute Gasteiger partial charge is 0.274 e. The van der Waals surface area contributed by atoms with Crippen molar-refractivity contribution in [3.05, 3.63) is 24.0 Å². The number of nitrogens with zero attached hydrogens (tertiary/aromatic N) is 6. The third-order valence-electron chi connectivity index (χ3n) is 4.67. The molecule has 9 nitrogen and oxygen atoms in total. The first-order valence-corrected chi connectivity index (χ1v) is 8.94. The third kappa shape index (κ3) is 4.04. The van der Waals surface area contributed by atoms with E-state index in [9.17, 15) is 4.79 Å². The van der Waals surface area contributed by atoms with Gasteiger partial charge in [-0.3, -0.25) is 4.79 Å². The molecule has 1 aliphatic rings. The van der Waals surface area contributed by atoms with Gasteiger partial charge in [-0.2, -0.15) is 5.10 Å². The van der Waals surface area contributed by atoms with E-state index in [1.54, 1.807) is 10.9 Å². The summed E-state index contributed by atoms with van der Waals surface area (Å²) in [6.45, 7) is 4.74. The maximum atomic E-state index is 12.5. The number of amides is 1. The minimum atomic E-state index is -0.252. The van der Waals surface area contributed by atoms with Gasteiger partial charge in [0.25, 0.3) is 5.91 Å². The van der Waals surface area contributed by atoms with E-state index in [0.29, 0.717) is 5.69 Å². The molecule has 1 aliphatic carbocycles. The van der Waals surface area contributed by atoms with Crippen molar-refractivity contribution in [3.63, 3.8) is 0 Å². The Morgan fingerprint density at radius 3 is 2.88 bits per heavy atom. The lowest BCUT2D eigenvalue weighted by molar-refractivity contribution is 0.0932. The van der Waals surface area contributed by atoms with Crippen LogP contribution in [0.4, 0.5) is 0 Å². The van der Waals surface area contributed by atoms with Crippen molar-refractivity contribution in [2.45, 2.75) is 70.6 Å². The van der Waals surface area contributed by atoms with Crippen LogP contribution in [-0.4, -0.2) is 41.7 Å². The number of carbonyl (C=O) groups excluding carboxylic acids is 1. The molecule has 3 N–H and O–H groups in total. The zero-order valence-corrected chi connectivity index (χ0v) is 14.8. The molecule has 0 saturated heterocycles. The molecule has 1 saturated carbocycles. The molecule has 0 unspecified atom stereocenters. The molecule has 0 spiro atoms. The van der Waals surface area contributed by atoms with Gasteiger partial charge in [0.2, 0.25) is 0 Å². The molecule has 2 aromatic heterocycles. The van der Waals surface area contributed by atoms with Gasteiger partial charge in [-0.15, -0.1) is 5.10 Å². The SMILES string of the molecule is CCCn1ncnc1[C@@H](C)NC(=O)c1cn(C2CCC(N)CC2)nn1. The van der Waals surface area contributed by atoms with Crippen molar-refractivity contribution in [1.82, 2.24) is 35.1 Å². The fraction of sp³-hybridized carbons (Fsp3) is 0.688. The highest BCUT2D eigenvalue weighted by atomic mass is 16.2. The molecule has 0 aromatic carbocycles. The number of rotatable bonds is 6. The van der Waals surface area contributed by atoms with Gasteiger partial charge in [-0.1, -0.05) is 12.1 Å². The maximum absolute atomic E-state index is 12.5. The van der Waals surface area contributed by atoms with Gasteiger partial charge in [0.15, 0.2) is 5.69 Å². The number of carbonyl (C=O) groups is 1. The average molecular weight is 346 g/mol. The topological polar surface area (TPSA) is 117 Å². The van der Waals surface area contributed by atoms with E-state index in [1.807, 2.05) is 11.6 Å². The Kier molecular flexibility index (Phi) is 5.42. The maximum Gasteiger partial charge on any atom is 0.274 e. The zero-order valence-electron chi connectivity index (χ0n) is 14.8. The van der Waals surface area contributed by atoms with Crippen LogP contribution in [0.25, 0.3) is 0 Å². The summed E-state index contributed by atoms with van der Waals surface area (Å²) in [5.41, 5.74) is 6.26. The molecule has 0 bridgehead atoms. The summed E-state index contributed by atoms with van der Waals surface area (Å²) in [7, 11) is 0. The van der Waals surface area contributed by atoms with E-state index < -0.39 is 0 Å². The largest absolute Gasteiger partial charge is 0.341 e. The number of aromatic nitrogens is 6. The quantitative estimate of drug-likeness (QED) is 0.812. The highest BCUT2D eigenvalue weighted by Gasteiger charge is 2.23. The van der Waals surface area contributed by atoms with Crippen LogP contribution in [0.15, 0.2) is 12.5 Å². The van der Waals surface area contributed by atoms with Crippen molar-refractivity contribution in [2.75, 3.05) is 0 Å². The van der Waals surface area contributed by atoms with E-state index in [0.717, 1.165) is 44.5 Å². The molecule has 2 aromatic rings. The Morgan fingerprint density at radius 2 is 2.16 bits per heavy atom. The molecule has 0 aliphatic heterocycles. The van der Waals surface area contributed by atoms with Gasteiger partial charge in [-0.25, -0.2) is 14.3 Å². The van der Waals surface area contributed by atoms with Crippen LogP contribution < -0.4 is 11.1 Å². The minimum Gasteiger partial charge on any atom is -0.341 e. The van der Waals surface area contributed by atoms with E-state index in [1.165, 1.54) is 6.33 Å². The molecular weight excluding hydrogens is 320 g/mol. The van der Waals surface area contributed by atoms with Gasteiger partial charge in [0, 0.05) is 12.6 Å². The molecule has 1 amide bonds. The van der Waals surface area contributed by atoms with Gasteiger partial charge in [-0.05, 0) is 39.0 Å². The predicted molar refractivity (Wildman–Crippen MR) is 91.7 cm³/mol. The number of hydrogen-bond acceptors (Lipinski definition) is 6. The molecule has 136 valence electrons. The highest BCUT2D eigenvalue weighted by Crippen LogP contribution is 2.26. The Hall–Kier alpha value is -2.29. The summed E-state index contributed by atoms with van der Waals surface area (Å²) in [4.78, 5) is 16.7. The first-order valence-electron chi connectivity index (χ1n) is 8.94. The third-order valence-corrected chi connectivity index (χ3v) is 4.67. The lowest BCUT2D eigenvalue weighted by Crippen LogP contribution is -2.29. The normalized spacial score (nSPS) is 21.9. The van der Waals surface area contributed by atoms with Gasteiger partial charge >= 0.3 is 0 Å². The van der Waals surface area contributed by atoms with Crippen molar-refractivity contribution >= 4 is 5.91 Å². The number of nitrogens with two attached hydrogens (primary N) is 1. The van der Waals surface area contributed by atoms with E-state index in [-0.39, 0.29) is 24.0 Å². The average Bonchev–Trinajstić information content (AvgIpc) is 3.25. The number of nitrogens with one attached hydrogen (secondary N) is 1. The van der Waals surface area contributed by atoms with E-state index in [2.05, 4.69) is 32.6 Å². The van der Waals surface area contributed by atoms with Crippen molar-refractivity contribution in [3.8, 4) is 0 Å². The van der Waals surface area contributed by atoms with Crippen LogP contribution in [-0.2, 0) is 6.54 Å². The first kappa shape index (κ1) is 17.5. The second kappa shape index (κ2) is 7.73. The lowest BCUT2D eigenvalue weighted by atomic mass is 9.92. The predicted octanol–water partition coefficient (Wildman–Crippen LogP) is 1.21. The fourth-order valence-electron chi connectivity index (χ4n) is 3.25. The number of hydrogen-bond donors (Lipinski definition) is 2. The summed E-state index contributed by atoms with van der Waals surface area (Å²) < 4.78 is 3.61. The van der Waals surface area contributed by atoms with Gasteiger partial charge in [0.05, 0.1) is 18.3 Å². The molecule has 1 atom stereocenters. The Bertz CT molecular complexity index is 701. The van der Waals surface area contributed by atoms with Crippen molar-refractivity contribution < 1.29 is 4.79 Å². The van der Waals surface area contributed by atoms with Crippen molar-refractivity contribution in [2.24, 2.45) is 5.73 Å². The van der Waals surface area contributed by atoms with Crippen LogP contribution in [0.5, 0.6) is 0 Å².